The number of nitrogens with zero attached hydrogens (tertiary/aromatic N) is 1. The van der Waals surface area contributed by atoms with Gasteiger partial charge in [0.25, 0.3) is 0 Å². The van der Waals surface area contributed by atoms with Gasteiger partial charge < -0.3 is 5.11 Å². The van der Waals surface area contributed by atoms with Gasteiger partial charge in [-0.25, -0.2) is 0 Å². The molecule has 0 fully saturated rings. The molecular formula is C8H16INO. The van der Waals surface area contributed by atoms with Gasteiger partial charge in [-0.05, 0) is 26.0 Å². The van der Waals surface area contributed by atoms with Crippen molar-refractivity contribution in [1.29, 1.82) is 0 Å². The Morgan fingerprint density at radius 2 is 2.27 bits per heavy atom. The molecule has 0 aromatic rings. The highest BCUT2D eigenvalue weighted by Gasteiger charge is 2.09. The number of likely N-dealkylation sites (N-methyl/N-ethyl adjacent to an activating group) is 1. The second kappa shape index (κ2) is 5.97. The molecule has 0 aliphatic carbocycles. The molecule has 0 heterocycles. The second-order valence-electron chi connectivity index (χ2n) is 2.74. The molecule has 0 aliphatic rings. The Kier molecular flexibility index (Phi) is 6.18. The third-order valence-electron chi connectivity index (χ3n) is 1.50. The molecule has 0 aromatic carbocycles. The van der Waals surface area contributed by atoms with Crippen molar-refractivity contribution in [2.24, 2.45) is 0 Å². The third kappa shape index (κ3) is 4.76. The Morgan fingerprint density at radius 3 is 2.64 bits per heavy atom. The minimum absolute atomic E-state index is 0.474. The van der Waals surface area contributed by atoms with Gasteiger partial charge in [-0.3, -0.25) is 4.90 Å². The van der Waals surface area contributed by atoms with E-state index in [2.05, 4.69) is 29.2 Å². The highest BCUT2D eigenvalue weighted by molar-refractivity contribution is 14.1. The number of hydrogen-bond donors (Lipinski definition) is 1. The predicted octanol–water partition coefficient (Wildman–Crippen LogP) is 1.64. The van der Waals surface area contributed by atoms with Crippen LogP contribution in [0.15, 0.2) is 12.2 Å². The summed E-state index contributed by atoms with van der Waals surface area (Å²) in [6.45, 7) is 6.46. The van der Waals surface area contributed by atoms with Crippen molar-refractivity contribution in [2.45, 2.75) is 19.6 Å². The largest absolute Gasteiger partial charge is 0.374 e. The lowest BCUT2D eigenvalue weighted by atomic mass is 10.3. The van der Waals surface area contributed by atoms with Crippen molar-refractivity contribution in [3.8, 4) is 0 Å². The van der Waals surface area contributed by atoms with Crippen LogP contribution in [0.5, 0.6) is 0 Å². The van der Waals surface area contributed by atoms with Crippen molar-refractivity contribution in [3.05, 3.63) is 12.2 Å². The van der Waals surface area contributed by atoms with E-state index in [-0.39, 0.29) is 0 Å². The van der Waals surface area contributed by atoms with E-state index in [4.69, 9.17) is 0 Å². The lowest BCUT2D eigenvalue weighted by Gasteiger charge is -2.22. The summed E-state index contributed by atoms with van der Waals surface area (Å²) in [6, 6.07) is 0. The average Bonchev–Trinajstić information content (AvgIpc) is 1.98. The molecule has 0 radical (unpaired) electrons. The lowest BCUT2D eigenvalue weighted by Crippen LogP contribution is -2.32. The molecule has 0 amide bonds. The highest BCUT2D eigenvalue weighted by atomic mass is 127. The standard InChI is InChI=1S/C8H16INO/c1-7(2)8(11)10(3)6-4-5-9/h8,11H,1,4-6H2,2-3H3. The summed E-state index contributed by atoms with van der Waals surface area (Å²) in [6.07, 6.45) is 0.638. The van der Waals surface area contributed by atoms with Crippen LogP contribution in [0.3, 0.4) is 0 Å². The number of alkyl halides is 1. The first-order valence-corrected chi connectivity index (χ1v) is 5.21. The minimum atomic E-state index is -0.474. The molecule has 66 valence electrons. The van der Waals surface area contributed by atoms with Gasteiger partial charge >= 0.3 is 0 Å². The highest BCUT2D eigenvalue weighted by Crippen LogP contribution is 2.03. The van der Waals surface area contributed by atoms with E-state index < -0.39 is 6.23 Å². The van der Waals surface area contributed by atoms with E-state index in [0.717, 1.165) is 23.0 Å². The molecule has 0 rings (SSSR count). The Hall–Kier alpha value is 0.390. The van der Waals surface area contributed by atoms with Crippen molar-refractivity contribution in [2.75, 3.05) is 18.0 Å². The quantitative estimate of drug-likeness (QED) is 0.355. The first-order valence-electron chi connectivity index (χ1n) is 3.69. The van der Waals surface area contributed by atoms with Crippen molar-refractivity contribution >= 4 is 22.6 Å². The first-order chi connectivity index (χ1) is 5.09. The van der Waals surface area contributed by atoms with Gasteiger partial charge in [0.2, 0.25) is 0 Å². The zero-order valence-corrected chi connectivity index (χ0v) is 9.34. The van der Waals surface area contributed by atoms with E-state index in [1.54, 1.807) is 0 Å². The Bertz CT molecular complexity index is 127. The Balaban J connectivity index is 3.63. The van der Waals surface area contributed by atoms with Crippen LogP contribution in [0, 0.1) is 0 Å². The molecular weight excluding hydrogens is 253 g/mol. The van der Waals surface area contributed by atoms with E-state index in [0.29, 0.717) is 0 Å². The van der Waals surface area contributed by atoms with Crippen LogP contribution >= 0.6 is 22.6 Å². The number of aliphatic hydroxyl groups excluding tert-OH is 1. The van der Waals surface area contributed by atoms with Crippen LogP contribution in [-0.2, 0) is 0 Å². The average molecular weight is 269 g/mol. The Labute approximate surface area is 82.4 Å². The number of hydrogen-bond acceptors (Lipinski definition) is 2. The Morgan fingerprint density at radius 1 is 1.73 bits per heavy atom. The third-order valence-corrected chi connectivity index (χ3v) is 2.27. The lowest BCUT2D eigenvalue weighted by molar-refractivity contribution is 0.0539. The molecule has 0 aliphatic heterocycles. The van der Waals surface area contributed by atoms with Gasteiger partial charge in [0.15, 0.2) is 0 Å². The van der Waals surface area contributed by atoms with Crippen molar-refractivity contribution < 1.29 is 5.11 Å². The van der Waals surface area contributed by atoms with Gasteiger partial charge in [-0.1, -0.05) is 29.2 Å². The fraction of sp³-hybridized carbons (Fsp3) is 0.750. The maximum absolute atomic E-state index is 9.45. The summed E-state index contributed by atoms with van der Waals surface area (Å²) in [5, 5.41) is 9.45. The number of rotatable bonds is 5. The number of halogens is 1. The van der Waals surface area contributed by atoms with Crippen LogP contribution < -0.4 is 0 Å². The molecule has 0 bridgehead atoms. The minimum Gasteiger partial charge on any atom is -0.374 e. The SMILES string of the molecule is C=C(C)C(O)N(C)CCCI. The van der Waals surface area contributed by atoms with Crippen LogP contribution in [-0.4, -0.2) is 34.3 Å². The summed E-state index contributed by atoms with van der Waals surface area (Å²) in [7, 11) is 1.91. The van der Waals surface area contributed by atoms with Gasteiger partial charge in [-0.2, -0.15) is 0 Å². The predicted molar refractivity (Wildman–Crippen MR) is 57.0 cm³/mol. The molecule has 0 spiro atoms. The normalized spacial score (nSPS) is 13.5. The maximum atomic E-state index is 9.45. The molecule has 11 heavy (non-hydrogen) atoms. The summed E-state index contributed by atoms with van der Waals surface area (Å²) in [4.78, 5) is 1.90. The van der Waals surface area contributed by atoms with E-state index in [9.17, 15) is 5.11 Å². The molecule has 1 N–H and O–H groups in total. The maximum Gasteiger partial charge on any atom is 0.128 e. The van der Waals surface area contributed by atoms with Crippen LogP contribution in [0.4, 0.5) is 0 Å². The molecule has 0 saturated carbocycles. The van der Waals surface area contributed by atoms with Gasteiger partial charge in [0.05, 0.1) is 0 Å². The zero-order valence-electron chi connectivity index (χ0n) is 7.18. The molecule has 3 heteroatoms. The molecule has 0 aromatic heterocycles. The van der Waals surface area contributed by atoms with Gasteiger partial charge in [-0.15, -0.1) is 0 Å². The fourth-order valence-corrected chi connectivity index (χ4v) is 1.15. The number of aliphatic hydroxyl groups is 1. The van der Waals surface area contributed by atoms with E-state index in [1.807, 2.05) is 18.9 Å². The van der Waals surface area contributed by atoms with E-state index in [1.165, 1.54) is 0 Å². The molecule has 1 unspecified atom stereocenters. The van der Waals surface area contributed by atoms with E-state index >= 15 is 0 Å². The monoisotopic (exact) mass is 269 g/mol. The molecule has 0 saturated heterocycles. The summed E-state index contributed by atoms with van der Waals surface area (Å²) < 4.78 is 1.13. The molecule has 1 atom stereocenters. The summed E-state index contributed by atoms with van der Waals surface area (Å²) in [5.41, 5.74) is 0.806. The first kappa shape index (κ1) is 11.4. The van der Waals surface area contributed by atoms with Crippen LogP contribution in [0.1, 0.15) is 13.3 Å². The fourth-order valence-electron chi connectivity index (χ4n) is 0.808. The van der Waals surface area contributed by atoms with Gasteiger partial charge in [0, 0.05) is 11.0 Å². The zero-order chi connectivity index (χ0) is 8.85. The summed E-state index contributed by atoms with van der Waals surface area (Å²) in [5.74, 6) is 0. The van der Waals surface area contributed by atoms with Crippen LogP contribution in [0.2, 0.25) is 0 Å². The summed E-state index contributed by atoms with van der Waals surface area (Å²) >= 11 is 2.33. The van der Waals surface area contributed by atoms with Crippen LogP contribution in [0.25, 0.3) is 0 Å². The smallest absolute Gasteiger partial charge is 0.128 e. The second-order valence-corrected chi connectivity index (χ2v) is 3.82. The molecule has 2 nitrogen and oxygen atoms in total. The topological polar surface area (TPSA) is 23.5 Å². The van der Waals surface area contributed by atoms with Gasteiger partial charge in [0.1, 0.15) is 6.23 Å². The van der Waals surface area contributed by atoms with Crippen molar-refractivity contribution in [3.63, 3.8) is 0 Å². The van der Waals surface area contributed by atoms with Crippen molar-refractivity contribution in [1.82, 2.24) is 4.90 Å².